The van der Waals surface area contributed by atoms with Gasteiger partial charge in [0.15, 0.2) is 0 Å². The zero-order chi connectivity index (χ0) is 10.7. The number of aromatic nitrogens is 2. The van der Waals surface area contributed by atoms with Gasteiger partial charge in [0.25, 0.3) is 0 Å². The van der Waals surface area contributed by atoms with Crippen LogP contribution in [0.2, 0.25) is 5.28 Å². The van der Waals surface area contributed by atoms with Crippen molar-refractivity contribution in [3.63, 3.8) is 0 Å². The summed E-state index contributed by atoms with van der Waals surface area (Å²) in [7, 11) is 0. The summed E-state index contributed by atoms with van der Waals surface area (Å²) in [6.07, 6.45) is 0. The molecule has 0 amide bonds. The molecule has 78 valence electrons. The van der Waals surface area contributed by atoms with Gasteiger partial charge in [-0.1, -0.05) is 0 Å². The predicted molar refractivity (Wildman–Crippen MR) is 54.8 cm³/mol. The fourth-order valence-corrected chi connectivity index (χ4v) is 1.60. The third kappa shape index (κ3) is 2.35. The minimum absolute atomic E-state index is 0.107. The maximum absolute atomic E-state index is 8.74. The first-order valence-electron chi connectivity index (χ1n) is 4.57. The molecule has 1 saturated heterocycles. The second-order valence-corrected chi connectivity index (χ2v) is 3.43. The van der Waals surface area contributed by atoms with Gasteiger partial charge in [0.05, 0.1) is 13.2 Å². The maximum Gasteiger partial charge on any atom is 0.225 e. The van der Waals surface area contributed by atoms with Crippen LogP contribution in [0.15, 0.2) is 6.07 Å². The molecule has 1 aromatic heterocycles. The summed E-state index contributed by atoms with van der Waals surface area (Å²) in [6, 6.07) is 3.59. The van der Waals surface area contributed by atoms with Crippen molar-refractivity contribution < 1.29 is 4.74 Å². The molecule has 0 N–H and O–H groups in total. The topological polar surface area (TPSA) is 62.0 Å². The molecule has 1 aliphatic heterocycles. The quantitative estimate of drug-likeness (QED) is 0.662. The van der Waals surface area contributed by atoms with Crippen molar-refractivity contribution in [3.05, 3.63) is 17.0 Å². The Morgan fingerprint density at radius 2 is 2.13 bits per heavy atom. The molecule has 0 spiro atoms. The highest BCUT2D eigenvalue weighted by Crippen LogP contribution is 2.15. The number of rotatable bonds is 1. The maximum atomic E-state index is 8.74. The van der Waals surface area contributed by atoms with Crippen molar-refractivity contribution in [3.8, 4) is 6.07 Å². The fourth-order valence-electron chi connectivity index (χ4n) is 1.42. The molecule has 1 aromatic rings. The van der Waals surface area contributed by atoms with Gasteiger partial charge in [-0.2, -0.15) is 5.26 Å². The predicted octanol–water partition coefficient (Wildman–Crippen LogP) is 0.838. The van der Waals surface area contributed by atoms with Crippen LogP contribution in [0.3, 0.4) is 0 Å². The molecule has 2 rings (SSSR count). The Bertz CT molecular complexity index is 398. The van der Waals surface area contributed by atoms with Gasteiger partial charge in [-0.3, -0.25) is 0 Å². The van der Waals surface area contributed by atoms with E-state index in [1.165, 1.54) is 0 Å². The number of nitriles is 1. The summed E-state index contributed by atoms with van der Waals surface area (Å²) in [4.78, 5) is 9.89. The highest BCUT2D eigenvalue weighted by atomic mass is 35.5. The second-order valence-electron chi connectivity index (χ2n) is 3.09. The number of halogens is 1. The highest BCUT2D eigenvalue weighted by Gasteiger charge is 2.14. The van der Waals surface area contributed by atoms with Crippen molar-refractivity contribution in [1.29, 1.82) is 5.26 Å². The van der Waals surface area contributed by atoms with Gasteiger partial charge in [0.2, 0.25) is 5.28 Å². The van der Waals surface area contributed by atoms with Crippen molar-refractivity contribution >= 4 is 17.4 Å². The number of anilines is 1. The van der Waals surface area contributed by atoms with E-state index in [9.17, 15) is 0 Å². The van der Waals surface area contributed by atoms with Crippen molar-refractivity contribution in [2.45, 2.75) is 0 Å². The molecule has 1 aliphatic rings. The van der Waals surface area contributed by atoms with Crippen LogP contribution >= 0.6 is 11.6 Å². The highest BCUT2D eigenvalue weighted by molar-refractivity contribution is 6.28. The van der Waals surface area contributed by atoms with E-state index in [1.54, 1.807) is 6.07 Å². The Balaban J connectivity index is 2.27. The summed E-state index contributed by atoms with van der Waals surface area (Å²) in [5, 5.41) is 8.85. The Hall–Kier alpha value is -1.38. The molecule has 0 atom stereocenters. The Morgan fingerprint density at radius 1 is 1.40 bits per heavy atom. The van der Waals surface area contributed by atoms with E-state index in [0.717, 1.165) is 13.1 Å². The number of ether oxygens (including phenoxy) is 1. The van der Waals surface area contributed by atoms with E-state index in [2.05, 4.69) is 9.97 Å². The van der Waals surface area contributed by atoms with Crippen LogP contribution in [-0.4, -0.2) is 36.3 Å². The van der Waals surface area contributed by atoms with E-state index < -0.39 is 0 Å². The third-order valence-corrected chi connectivity index (χ3v) is 2.30. The summed E-state index contributed by atoms with van der Waals surface area (Å²) >= 11 is 5.72. The fraction of sp³-hybridized carbons (Fsp3) is 0.444. The average molecular weight is 225 g/mol. The third-order valence-electron chi connectivity index (χ3n) is 2.13. The first kappa shape index (κ1) is 10.1. The molecule has 0 aromatic carbocycles. The molecule has 5 nitrogen and oxygen atoms in total. The lowest BCUT2D eigenvalue weighted by Gasteiger charge is -2.27. The van der Waals surface area contributed by atoms with E-state index in [0.29, 0.717) is 19.0 Å². The zero-order valence-corrected chi connectivity index (χ0v) is 8.74. The first-order valence-corrected chi connectivity index (χ1v) is 4.95. The molecule has 0 saturated carbocycles. The van der Waals surface area contributed by atoms with E-state index in [4.69, 9.17) is 21.6 Å². The Labute approximate surface area is 92.3 Å². The van der Waals surface area contributed by atoms with Crippen molar-refractivity contribution in [2.24, 2.45) is 0 Å². The minimum Gasteiger partial charge on any atom is -0.378 e. The molecule has 2 heterocycles. The minimum atomic E-state index is 0.107. The zero-order valence-electron chi connectivity index (χ0n) is 7.98. The van der Waals surface area contributed by atoms with Crippen LogP contribution in [0.1, 0.15) is 5.69 Å². The van der Waals surface area contributed by atoms with Crippen molar-refractivity contribution in [2.75, 3.05) is 31.2 Å². The van der Waals surface area contributed by atoms with Gasteiger partial charge in [-0.25, -0.2) is 9.97 Å². The van der Waals surface area contributed by atoms with Crippen LogP contribution in [0.4, 0.5) is 5.82 Å². The molecular weight excluding hydrogens is 216 g/mol. The Kier molecular flexibility index (Phi) is 2.99. The van der Waals surface area contributed by atoms with Crippen LogP contribution in [0.25, 0.3) is 0 Å². The largest absolute Gasteiger partial charge is 0.378 e. The molecule has 0 radical (unpaired) electrons. The number of nitrogens with zero attached hydrogens (tertiary/aromatic N) is 4. The van der Waals surface area contributed by atoms with Gasteiger partial charge >= 0.3 is 0 Å². The molecule has 6 heteroatoms. The van der Waals surface area contributed by atoms with E-state index in [-0.39, 0.29) is 11.0 Å². The first-order chi connectivity index (χ1) is 7.29. The van der Waals surface area contributed by atoms with E-state index in [1.807, 2.05) is 11.0 Å². The van der Waals surface area contributed by atoms with Crippen LogP contribution in [0, 0.1) is 11.3 Å². The van der Waals surface area contributed by atoms with Crippen LogP contribution in [0.5, 0.6) is 0 Å². The summed E-state index contributed by atoms with van der Waals surface area (Å²) in [5.41, 5.74) is 0.288. The monoisotopic (exact) mass is 224 g/mol. The lowest BCUT2D eigenvalue weighted by atomic mass is 10.3. The van der Waals surface area contributed by atoms with Gasteiger partial charge in [-0.15, -0.1) is 0 Å². The van der Waals surface area contributed by atoms with Crippen LogP contribution < -0.4 is 4.90 Å². The number of morpholine rings is 1. The van der Waals surface area contributed by atoms with Gasteiger partial charge in [-0.05, 0) is 11.6 Å². The normalized spacial score (nSPS) is 16.1. The summed E-state index contributed by atoms with van der Waals surface area (Å²) in [5.74, 6) is 0.690. The van der Waals surface area contributed by atoms with E-state index >= 15 is 0 Å². The second kappa shape index (κ2) is 4.43. The lowest BCUT2D eigenvalue weighted by Crippen LogP contribution is -2.36. The molecule has 0 aliphatic carbocycles. The molecule has 0 bridgehead atoms. The lowest BCUT2D eigenvalue weighted by molar-refractivity contribution is 0.122. The Morgan fingerprint density at radius 3 is 2.80 bits per heavy atom. The average Bonchev–Trinajstić information content (AvgIpc) is 2.29. The summed E-state index contributed by atoms with van der Waals surface area (Å²) in [6.45, 7) is 2.86. The number of hydrogen-bond donors (Lipinski definition) is 0. The van der Waals surface area contributed by atoms with Gasteiger partial charge in [0.1, 0.15) is 17.6 Å². The van der Waals surface area contributed by atoms with Gasteiger partial charge in [0, 0.05) is 19.2 Å². The summed E-state index contributed by atoms with van der Waals surface area (Å²) < 4.78 is 5.22. The standard InChI is InChI=1S/C9H9ClN4O/c10-9-12-7(6-11)5-8(13-9)14-1-3-15-4-2-14/h5H,1-4H2. The number of hydrogen-bond acceptors (Lipinski definition) is 5. The smallest absolute Gasteiger partial charge is 0.225 e. The molecule has 1 fully saturated rings. The molecule has 0 unspecified atom stereocenters. The van der Waals surface area contributed by atoms with Crippen molar-refractivity contribution in [1.82, 2.24) is 9.97 Å². The molecule has 15 heavy (non-hydrogen) atoms. The van der Waals surface area contributed by atoms with Gasteiger partial charge < -0.3 is 9.64 Å². The SMILES string of the molecule is N#Cc1cc(N2CCOCC2)nc(Cl)n1. The van der Waals surface area contributed by atoms with Crippen LogP contribution in [-0.2, 0) is 4.74 Å². The molecular formula is C9H9ClN4O.